The van der Waals surface area contributed by atoms with Gasteiger partial charge in [0.05, 0.1) is 11.8 Å². The van der Waals surface area contributed by atoms with Crippen molar-refractivity contribution >= 4 is 5.91 Å². The van der Waals surface area contributed by atoms with E-state index in [1.807, 2.05) is 10.9 Å². The van der Waals surface area contributed by atoms with Gasteiger partial charge >= 0.3 is 0 Å². The molecule has 2 heterocycles. The Labute approximate surface area is 193 Å². The third-order valence-electron chi connectivity index (χ3n) is 7.52. The van der Waals surface area contributed by atoms with Crippen LogP contribution in [0.1, 0.15) is 79.9 Å². The lowest BCUT2D eigenvalue weighted by molar-refractivity contribution is 0.0598. The van der Waals surface area contributed by atoms with E-state index < -0.39 is 0 Å². The van der Waals surface area contributed by atoms with Gasteiger partial charge in [-0.15, -0.1) is 0 Å². The fraction of sp³-hybridized carbons (Fsp3) is 0.630. The lowest BCUT2D eigenvalue weighted by atomic mass is 9.94. The molecule has 0 unspecified atom stereocenters. The van der Waals surface area contributed by atoms with Gasteiger partial charge in [-0.3, -0.25) is 9.48 Å². The van der Waals surface area contributed by atoms with E-state index in [0.717, 1.165) is 51.0 Å². The molecule has 1 aromatic heterocycles. The van der Waals surface area contributed by atoms with Crippen LogP contribution < -0.4 is 0 Å². The van der Waals surface area contributed by atoms with Gasteiger partial charge in [0.2, 0.25) is 0 Å². The highest BCUT2D eigenvalue weighted by Crippen LogP contribution is 2.28. The monoisotopic (exact) mass is 436 g/mol. The minimum Gasteiger partial charge on any atom is -0.335 e. The summed E-state index contributed by atoms with van der Waals surface area (Å²) in [4.78, 5) is 18.3. The van der Waals surface area contributed by atoms with Crippen LogP contribution in [-0.2, 0) is 6.42 Å². The van der Waals surface area contributed by atoms with Crippen LogP contribution in [0.4, 0.5) is 0 Å². The highest BCUT2D eigenvalue weighted by Gasteiger charge is 2.31. The van der Waals surface area contributed by atoms with Crippen LogP contribution in [-0.4, -0.2) is 57.7 Å². The average Bonchev–Trinajstić information content (AvgIpc) is 3.50. The number of aromatic nitrogens is 2. The zero-order valence-corrected chi connectivity index (χ0v) is 20.2. The summed E-state index contributed by atoms with van der Waals surface area (Å²) in [6.07, 6.45) is 12.0. The van der Waals surface area contributed by atoms with E-state index in [1.165, 1.54) is 36.8 Å². The molecule has 0 N–H and O–H groups in total. The van der Waals surface area contributed by atoms with Gasteiger partial charge in [-0.2, -0.15) is 5.10 Å². The van der Waals surface area contributed by atoms with Crippen molar-refractivity contribution in [2.45, 2.75) is 77.8 Å². The lowest BCUT2D eigenvalue weighted by Crippen LogP contribution is -2.45. The summed E-state index contributed by atoms with van der Waals surface area (Å²) in [5, 5.41) is 4.42. The number of aryl methyl sites for hydroxylation is 1. The summed E-state index contributed by atoms with van der Waals surface area (Å²) in [6.45, 7) is 10.7. The lowest BCUT2D eigenvalue weighted by Gasteiger charge is -2.37. The number of nitrogens with zero attached hydrogens (tertiary/aromatic N) is 4. The third kappa shape index (κ3) is 5.61. The Balaban J connectivity index is 1.33. The number of likely N-dealkylation sites (tertiary alicyclic amines) is 1. The predicted octanol–water partition coefficient (Wildman–Crippen LogP) is 5.11. The van der Waals surface area contributed by atoms with Crippen LogP contribution in [0.2, 0.25) is 0 Å². The molecule has 1 saturated heterocycles. The summed E-state index contributed by atoms with van der Waals surface area (Å²) in [5.74, 6) is 0.792. The van der Waals surface area contributed by atoms with Crippen molar-refractivity contribution in [3.63, 3.8) is 0 Å². The average molecular weight is 437 g/mol. The largest absolute Gasteiger partial charge is 0.335 e. The molecule has 174 valence electrons. The maximum Gasteiger partial charge on any atom is 0.257 e. The first-order valence-corrected chi connectivity index (χ1v) is 12.6. The van der Waals surface area contributed by atoms with Crippen LogP contribution in [0.25, 0.3) is 0 Å². The number of hydrogen-bond donors (Lipinski definition) is 0. The number of piperidine rings is 1. The number of carbonyl (C=O) groups excluding carboxylic acids is 1. The van der Waals surface area contributed by atoms with E-state index in [9.17, 15) is 4.79 Å². The van der Waals surface area contributed by atoms with E-state index in [0.29, 0.717) is 12.0 Å². The second kappa shape index (κ2) is 10.7. The van der Waals surface area contributed by atoms with Crippen LogP contribution in [0, 0.1) is 12.8 Å². The summed E-state index contributed by atoms with van der Waals surface area (Å²) in [7, 11) is 0. The second-order valence-electron chi connectivity index (χ2n) is 10.2. The van der Waals surface area contributed by atoms with Crippen molar-refractivity contribution in [3.8, 4) is 0 Å². The van der Waals surface area contributed by atoms with Gasteiger partial charge in [-0.25, -0.2) is 0 Å². The van der Waals surface area contributed by atoms with Crippen molar-refractivity contribution < 1.29 is 4.79 Å². The molecule has 1 aliphatic heterocycles. The molecule has 0 radical (unpaired) electrons. The first kappa shape index (κ1) is 23.0. The molecule has 1 amide bonds. The smallest absolute Gasteiger partial charge is 0.257 e. The Bertz CT molecular complexity index is 875. The van der Waals surface area contributed by atoms with E-state index >= 15 is 0 Å². The Morgan fingerprint density at radius 3 is 2.50 bits per heavy atom. The minimum atomic E-state index is 0.186. The van der Waals surface area contributed by atoms with Crippen molar-refractivity contribution in [1.29, 1.82) is 0 Å². The molecule has 2 fully saturated rings. The Hall–Kier alpha value is -2.14. The van der Waals surface area contributed by atoms with Gasteiger partial charge < -0.3 is 9.80 Å². The van der Waals surface area contributed by atoms with Gasteiger partial charge in [0.1, 0.15) is 0 Å². The fourth-order valence-electron chi connectivity index (χ4n) is 5.35. The third-order valence-corrected chi connectivity index (χ3v) is 7.52. The normalized spacial score (nSPS) is 18.5. The van der Waals surface area contributed by atoms with E-state index in [4.69, 9.17) is 0 Å². The highest BCUT2D eigenvalue weighted by molar-refractivity contribution is 5.94. The van der Waals surface area contributed by atoms with Crippen molar-refractivity contribution in [2.24, 2.45) is 5.92 Å². The SMILES string of the molecule is Cc1ccccc1CCN1CCC(CN(C(=O)c2cnn(C(C)C)c2)C2CCCC2)CC1. The number of carbonyl (C=O) groups is 1. The maximum absolute atomic E-state index is 13.5. The first-order valence-electron chi connectivity index (χ1n) is 12.6. The Morgan fingerprint density at radius 1 is 1.12 bits per heavy atom. The van der Waals surface area contributed by atoms with Crippen molar-refractivity contribution in [3.05, 3.63) is 53.3 Å². The van der Waals surface area contributed by atoms with E-state index in [1.54, 1.807) is 6.20 Å². The molecule has 4 rings (SSSR count). The number of amides is 1. The molecular weight excluding hydrogens is 396 g/mol. The van der Waals surface area contributed by atoms with Crippen LogP contribution in [0.3, 0.4) is 0 Å². The molecule has 0 bridgehead atoms. The van der Waals surface area contributed by atoms with Gasteiger partial charge in [-0.05, 0) is 83.0 Å². The van der Waals surface area contributed by atoms with Crippen LogP contribution in [0.15, 0.2) is 36.7 Å². The molecule has 0 atom stereocenters. The summed E-state index contributed by atoms with van der Waals surface area (Å²) in [6, 6.07) is 9.42. The molecule has 32 heavy (non-hydrogen) atoms. The van der Waals surface area contributed by atoms with E-state index in [-0.39, 0.29) is 11.9 Å². The molecule has 2 aromatic rings. The molecule has 5 nitrogen and oxygen atoms in total. The predicted molar refractivity (Wildman–Crippen MR) is 130 cm³/mol. The molecule has 5 heteroatoms. The Kier molecular flexibility index (Phi) is 7.67. The number of benzene rings is 1. The van der Waals surface area contributed by atoms with Crippen LogP contribution in [0.5, 0.6) is 0 Å². The van der Waals surface area contributed by atoms with Crippen LogP contribution >= 0.6 is 0 Å². The van der Waals surface area contributed by atoms with Gasteiger partial charge in [0.15, 0.2) is 0 Å². The van der Waals surface area contributed by atoms with Gasteiger partial charge in [0, 0.05) is 31.4 Å². The summed E-state index contributed by atoms with van der Waals surface area (Å²) in [5.41, 5.74) is 3.62. The summed E-state index contributed by atoms with van der Waals surface area (Å²) >= 11 is 0. The van der Waals surface area contributed by atoms with Crippen molar-refractivity contribution in [1.82, 2.24) is 19.6 Å². The van der Waals surface area contributed by atoms with Gasteiger partial charge in [0.25, 0.3) is 5.91 Å². The number of hydrogen-bond acceptors (Lipinski definition) is 3. The highest BCUT2D eigenvalue weighted by atomic mass is 16.2. The zero-order valence-electron chi connectivity index (χ0n) is 20.2. The topological polar surface area (TPSA) is 41.4 Å². The maximum atomic E-state index is 13.5. The fourth-order valence-corrected chi connectivity index (χ4v) is 5.35. The number of rotatable bonds is 8. The molecule has 2 aliphatic rings. The molecule has 0 spiro atoms. The Morgan fingerprint density at radius 2 is 1.84 bits per heavy atom. The quantitative estimate of drug-likeness (QED) is 0.577. The van der Waals surface area contributed by atoms with Crippen molar-refractivity contribution in [2.75, 3.05) is 26.2 Å². The summed E-state index contributed by atoms with van der Waals surface area (Å²) < 4.78 is 1.90. The zero-order chi connectivity index (χ0) is 22.5. The van der Waals surface area contributed by atoms with E-state index in [2.05, 4.69) is 59.9 Å². The molecule has 1 aliphatic carbocycles. The first-order chi connectivity index (χ1) is 15.5. The van der Waals surface area contributed by atoms with Gasteiger partial charge in [-0.1, -0.05) is 37.1 Å². The second-order valence-corrected chi connectivity index (χ2v) is 10.2. The molecule has 1 aromatic carbocycles. The standard InChI is InChI=1S/C27H40N4O/c1-21(2)31-20-25(18-28-31)27(32)30(26-10-6-7-11-26)19-23-12-15-29(16-13-23)17-14-24-9-5-4-8-22(24)3/h4-5,8-9,18,20-21,23,26H,6-7,10-17,19H2,1-3H3. The minimum absolute atomic E-state index is 0.186. The molecule has 1 saturated carbocycles. The molecular formula is C27H40N4O.